The number of Topliss-reactive ketones (excluding diaryl/α,β-unsaturated/α-hetero) is 1. The van der Waals surface area contributed by atoms with Crippen LogP contribution < -0.4 is 10.5 Å². The smallest absolute Gasteiger partial charge is 0.176 e. The summed E-state index contributed by atoms with van der Waals surface area (Å²) < 4.78 is 5.65. The monoisotopic (exact) mass is 257 g/mol. The van der Waals surface area contributed by atoms with Gasteiger partial charge < -0.3 is 10.5 Å². The molecule has 5 heteroatoms. The number of nitrogens with two attached hydrogens (primary N) is 1. The summed E-state index contributed by atoms with van der Waals surface area (Å²) in [4.78, 5) is 11.3. The van der Waals surface area contributed by atoms with Crippen LogP contribution in [0.3, 0.4) is 0 Å². The minimum atomic E-state index is -0.118. The average molecular weight is 258 g/mol. The predicted octanol–water partition coefficient (Wildman–Crippen LogP) is 1.98. The van der Waals surface area contributed by atoms with Gasteiger partial charge in [0.25, 0.3) is 0 Å². The number of hydrogen-bond donors (Lipinski definition) is 1. The van der Waals surface area contributed by atoms with Crippen molar-refractivity contribution in [3.05, 3.63) is 28.8 Å². The largest absolute Gasteiger partial charge is 0.487 e. The molecule has 1 aliphatic rings. The van der Waals surface area contributed by atoms with E-state index in [1.807, 2.05) is 11.8 Å². The predicted molar refractivity (Wildman–Crippen MR) is 66.6 cm³/mol. The Morgan fingerprint density at radius 2 is 2.31 bits per heavy atom. The Hall–Kier alpha value is -0.710. The maximum Gasteiger partial charge on any atom is 0.176 e. The van der Waals surface area contributed by atoms with Crippen molar-refractivity contribution in [3.8, 4) is 5.75 Å². The third-order valence-corrected chi connectivity index (χ3v) is 3.85. The van der Waals surface area contributed by atoms with Gasteiger partial charge in [-0.2, -0.15) is 11.8 Å². The third kappa shape index (κ3) is 2.51. The Morgan fingerprint density at radius 3 is 2.81 bits per heavy atom. The fraction of sp³-hybridized carbons (Fsp3) is 0.364. The normalized spacial score (nSPS) is 15.6. The highest BCUT2D eigenvalue weighted by atomic mass is 35.5. The zero-order valence-corrected chi connectivity index (χ0v) is 10.2. The van der Waals surface area contributed by atoms with Gasteiger partial charge in [-0.15, -0.1) is 0 Å². The molecule has 0 aliphatic carbocycles. The summed E-state index contributed by atoms with van der Waals surface area (Å²) in [6.07, 6.45) is 0.249. The maximum absolute atomic E-state index is 11.3. The van der Waals surface area contributed by atoms with Crippen LogP contribution in [0.15, 0.2) is 18.2 Å². The molecule has 1 fully saturated rings. The van der Waals surface area contributed by atoms with E-state index in [2.05, 4.69) is 0 Å². The molecule has 0 bridgehead atoms. The van der Waals surface area contributed by atoms with Gasteiger partial charge in [0.2, 0.25) is 0 Å². The lowest BCUT2D eigenvalue weighted by Crippen LogP contribution is -2.31. The van der Waals surface area contributed by atoms with Crippen molar-refractivity contribution in [2.24, 2.45) is 5.73 Å². The van der Waals surface area contributed by atoms with E-state index in [0.717, 1.165) is 11.5 Å². The van der Waals surface area contributed by atoms with Crippen LogP contribution >= 0.6 is 23.4 Å². The van der Waals surface area contributed by atoms with E-state index in [0.29, 0.717) is 16.3 Å². The molecule has 1 aromatic rings. The third-order valence-electron chi connectivity index (χ3n) is 2.34. The van der Waals surface area contributed by atoms with Gasteiger partial charge in [-0.3, -0.25) is 4.79 Å². The fourth-order valence-electron chi connectivity index (χ4n) is 1.35. The van der Waals surface area contributed by atoms with Crippen LogP contribution in [0.25, 0.3) is 0 Å². The highest BCUT2D eigenvalue weighted by molar-refractivity contribution is 8.00. The van der Waals surface area contributed by atoms with Crippen LogP contribution in [0.4, 0.5) is 0 Å². The second-order valence-corrected chi connectivity index (χ2v) is 5.03. The Morgan fingerprint density at radius 1 is 1.56 bits per heavy atom. The number of benzene rings is 1. The Kier molecular flexibility index (Phi) is 3.74. The molecule has 0 saturated carbocycles. The van der Waals surface area contributed by atoms with Gasteiger partial charge >= 0.3 is 0 Å². The number of rotatable bonds is 4. The van der Waals surface area contributed by atoms with Crippen LogP contribution in [0, 0.1) is 0 Å². The van der Waals surface area contributed by atoms with E-state index in [9.17, 15) is 4.79 Å². The lowest BCUT2D eigenvalue weighted by molar-refractivity contribution is 0.100. The minimum Gasteiger partial charge on any atom is -0.487 e. The topological polar surface area (TPSA) is 52.3 Å². The highest BCUT2D eigenvalue weighted by Crippen LogP contribution is 2.30. The van der Waals surface area contributed by atoms with Crippen molar-refractivity contribution in [1.29, 1.82) is 0 Å². The number of halogens is 1. The van der Waals surface area contributed by atoms with E-state index < -0.39 is 0 Å². The lowest BCUT2D eigenvalue weighted by Gasteiger charge is -2.26. The van der Waals surface area contributed by atoms with Crippen molar-refractivity contribution in [2.75, 3.05) is 18.1 Å². The molecule has 1 heterocycles. The van der Waals surface area contributed by atoms with Gasteiger partial charge in [0.15, 0.2) is 5.78 Å². The highest BCUT2D eigenvalue weighted by Gasteiger charge is 2.21. The Labute approximate surface area is 103 Å². The van der Waals surface area contributed by atoms with E-state index in [-0.39, 0.29) is 18.4 Å². The number of hydrogen-bond acceptors (Lipinski definition) is 4. The van der Waals surface area contributed by atoms with Crippen LogP contribution in [0.2, 0.25) is 5.02 Å². The molecule has 16 heavy (non-hydrogen) atoms. The second-order valence-electron chi connectivity index (χ2n) is 3.55. The first-order valence-electron chi connectivity index (χ1n) is 4.98. The number of ketones is 1. The van der Waals surface area contributed by atoms with Crippen molar-refractivity contribution >= 4 is 29.1 Å². The number of carbonyl (C=O) groups is 1. The molecule has 1 saturated heterocycles. The molecule has 0 aromatic heterocycles. The Balaban J connectivity index is 2.12. The number of ether oxygens (including phenoxy) is 1. The van der Waals surface area contributed by atoms with E-state index in [4.69, 9.17) is 22.1 Å². The fourth-order valence-corrected chi connectivity index (χ4v) is 2.14. The van der Waals surface area contributed by atoms with Gasteiger partial charge in [0.05, 0.1) is 11.6 Å². The molecule has 2 rings (SSSR count). The van der Waals surface area contributed by atoms with Crippen LogP contribution in [0.1, 0.15) is 10.4 Å². The lowest BCUT2D eigenvalue weighted by atomic mass is 10.1. The first kappa shape index (κ1) is 11.8. The van der Waals surface area contributed by atoms with Crippen LogP contribution in [-0.2, 0) is 0 Å². The molecule has 1 aliphatic heterocycles. The molecule has 0 unspecified atom stereocenters. The van der Waals surface area contributed by atoms with Crippen molar-refractivity contribution in [2.45, 2.75) is 6.10 Å². The average Bonchev–Trinajstić information content (AvgIpc) is 2.23. The molecule has 2 N–H and O–H groups in total. The van der Waals surface area contributed by atoms with Gasteiger partial charge in [-0.1, -0.05) is 11.6 Å². The van der Waals surface area contributed by atoms with Crippen molar-refractivity contribution in [3.63, 3.8) is 0 Å². The SMILES string of the molecule is NCC(=O)c1ccc(OC2CSC2)c(Cl)c1. The second kappa shape index (κ2) is 5.08. The summed E-state index contributed by atoms with van der Waals surface area (Å²) in [6.45, 7) is -0.00417. The van der Waals surface area contributed by atoms with E-state index in [1.165, 1.54) is 0 Å². The first-order chi connectivity index (χ1) is 7.70. The van der Waals surface area contributed by atoms with Gasteiger partial charge in [-0.25, -0.2) is 0 Å². The minimum absolute atomic E-state index is 0.00417. The molecule has 0 spiro atoms. The molecule has 0 amide bonds. The van der Waals surface area contributed by atoms with Crippen LogP contribution in [-0.4, -0.2) is 29.9 Å². The molecular formula is C11H12ClNO2S. The zero-order chi connectivity index (χ0) is 11.5. The van der Waals surface area contributed by atoms with Gasteiger partial charge in [0, 0.05) is 17.1 Å². The van der Waals surface area contributed by atoms with Crippen molar-refractivity contribution < 1.29 is 9.53 Å². The van der Waals surface area contributed by atoms with Gasteiger partial charge in [0.1, 0.15) is 11.9 Å². The summed E-state index contributed by atoms with van der Waals surface area (Å²) in [7, 11) is 0. The van der Waals surface area contributed by atoms with Gasteiger partial charge in [-0.05, 0) is 18.2 Å². The Bertz CT molecular complexity index is 407. The van der Waals surface area contributed by atoms with Crippen molar-refractivity contribution in [1.82, 2.24) is 0 Å². The summed E-state index contributed by atoms with van der Waals surface area (Å²) in [6, 6.07) is 5.04. The molecule has 86 valence electrons. The molecule has 1 aromatic carbocycles. The summed E-state index contributed by atoms with van der Waals surface area (Å²) in [5, 5.41) is 0.469. The molecular weight excluding hydrogens is 246 g/mol. The number of carbonyl (C=O) groups excluding carboxylic acids is 1. The van der Waals surface area contributed by atoms with Crippen LogP contribution in [0.5, 0.6) is 5.75 Å². The zero-order valence-electron chi connectivity index (χ0n) is 8.61. The summed E-state index contributed by atoms with van der Waals surface area (Å²) in [5.41, 5.74) is 5.81. The number of thioether (sulfide) groups is 1. The van der Waals surface area contributed by atoms with E-state index >= 15 is 0 Å². The molecule has 3 nitrogen and oxygen atoms in total. The molecule has 0 atom stereocenters. The molecule has 0 radical (unpaired) electrons. The standard InChI is InChI=1S/C11H12ClNO2S/c12-9-3-7(10(14)4-13)1-2-11(9)15-8-5-16-6-8/h1-3,8H,4-6,13H2. The summed E-state index contributed by atoms with van der Waals surface area (Å²) >= 11 is 7.87. The van der Waals surface area contributed by atoms with E-state index in [1.54, 1.807) is 18.2 Å². The summed E-state index contributed by atoms with van der Waals surface area (Å²) in [5.74, 6) is 2.52. The first-order valence-corrected chi connectivity index (χ1v) is 6.51. The maximum atomic E-state index is 11.3. The quantitative estimate of drug-likeness (QED) is 0.838.